The highest BCUT2D eigenvalue weighted by Crippen LogP contribution is 2.39. The zero-order valence-corrected chi connectivity index (χ0v) is 11.0. The number of rotatable bonds is 2. The molecule has 2 aromatic rings. The van der Waals surface area contributed by atoms with E-state index in [1.165, 1.54) is 0 Å². The highest BCUT2D eigenvalue weighted by atomic mass is 127. The molecule has 0 aliphatic heterocycles. The molecular weight excluding hydrogens is 315 g/mol. The van der Waals surface area contributed by atoms with Crippen molar-refractivity contribution < 1.29 is 0 Å². The number of para-hydroxylation sites is 1. The standard InChI is InChI=1S/C11H11IN4/c1-14-9-10(16(2)12)7-5-3-4-6-8(7)15-11(9)13/h3-6H,1H2,2H3,(H2,13,15). The third-order valence-corrected chi connectivity index (χ3v) is 2.82. The Morgan fingerprint density at radius 3 is 2.75 bits per heavy atom. The van der Waals surface area contributed by atoms with E-state index in [-0.39, 0.29) is 0 Å². The molecule has 1 heterocycles. The summed E-state index contributed by atoms with van der Waals surface area (Å²) in [6.07, 6.45) is 0. The van der Waals surface area contributed by atoms with Crippen molar-refractivity contribution in [1.29, 1.82) is 0 Å². The molecule has 4 nitrogen and oxygen atoms in total. The predicted octanol–water partition coefficient (Wildman–Crippen LogP) is 2.94. The van der Waals surface area contributed by atoms with Crippen molar-refractivity contribution in [2.45, 2.75) is 0 Å². The summed E-state index contributed by atoms with van der Waals surface area (Å²) in [6.45, 7) is 3.54. The molecule has 0 radical (unpaired) electrons. The Labute approximate surface area is 108 Å². The summed E-state index contributed by atoms with van der Waals surface area (Å²) in [5, 5.41) is 1.02. The summed E-state index contributed by atoms with van der Waals surface area (Å²) in [6, 6.07) is 7.84. The number of aromatic nitrogens is 1. The lowest BCUT2D eigenvalue weighted by molar-refractivity contribution is 1.34. The van der Waals surface area contributed by atoms with Crippen LogP contribution in [0.3, 0.4) is 0 Å². The molecule has 0 atom stereocenters. The lowest BCUT2D eigenvalue weighted by atomic mass is 10.1. The maximum Gasteiger partial charge on any atom is 0.152 e. The van der Waals surface area contributed by atoms with Gasteiger partial charge in [0, 0.05) is 12.4 Å². The first-order valence-electron chi connectivity index (χ1n) is 4.69. The van der Waals surface area contributed by atoms with Gasteiger partial charge in [0.2, 0.25) is 0 Å². The van der Waals surface area contributed by atoms with Crippen molar-refractivity contribution in [3.05, 3.63) is 24.3 Å². The van der Waals surface area contributed by atoms with E-state index < -0.39 is 0 Å². The van der Waals surface area contributed by atoms with Crippen molar-refractivity contribution in [2.24, 2.45) is 4.99 Å². The van der Waals surface area contributed by atoms with E-state index in [9.17, 15) is 0 Å². The van der Waals surface area contributed by atoms with Gasteiger partial charge in [0.1, 0.15) is 5.69 Å². The van der Waals surface area contributed by atoms with Gasteiger partial charge < -0.3 is 8.85 Å². The van der Waals surface area contributed by atoms with Gasteiger partial charge in [-0.05, 0) is 12.8 Å². The van der Waals surface area contributed by atoms with Gasteiger partial charge in [0.25, 0.3) is 0 Å². The monoisotopic (exact) mass is 326 g/mol. The number of hydrogen-bond acceptors (Lipinski definition) is 4. The molecule has 82 valence electrons. The lowest BCUT2D eigenvalue weighted by Gasteiger charge is -2.16. The SMILES string of the molecule is C=Nc1c(N)nc2ccccc2c1N(C)I. The fourth-order valence-electron chi connectivity index (χ4n) is 1.67. The minimum Gasteiger partial charge on any atom is -0.382 e. The topological polar surface area (TPSA) is 54.5 Å². The highest BCUT2D eigenvalue weighted by molar-refractivity contribution is 14.1. The number of fused-ring (bicyclic) bond motifs is 1. The van der Waals surface area contributed by atoms with Crippen molar-refractivity contribution >= 4 is 57.7 Å². The van der Waals surface area contributed by atoms with Crippen LogP contribution in [-0.4, -0.2) is 18.7 Å². The molecular formula is C11H11IN4. The molecule has 0 saturated heterocycles. The molecule has 0 unspecified atom stereocenters. The van der Waals surface area contributed by atoms with Crippen LogP contribution < -0.4 is 8.85 Å². The van der Waals surface area contributed by atoms with Crippen LogP contribution in [0.15, 0.2) is 29.3 Å². The zero-order valence-electron chi connectivity index (χ0n) is 8.81. The fourth-order valence-corrected chi connectivity index (χ4v) is 2.16. The second-order valence-corrected chi connectivity index (χ2v) is 4.79. The molecule has 0 spiro atoms. The van der Waals surface area contributed by atoms with Crippen LogP contribution in [0.4, 0.5) is 17.2 Å². The Balaban J connectivity index is 2.92. The van der Waals surface area contributed by atoms with Gasteiger partial charge in [-0.2, -0.15) is 0 Å². The average molecular weight is 326 g/mol. The number of anilines is 2. The van der Waals surface area contributed by atoms with Gasteiger partial charge in [-0.15, -0.1) is 0 Å². The summed E-state index contributed by atoms with van der Waals surface area (Å²) in [7, 11) is 1.94. The van der Waals surface area contributed by atoms with E-state index in [1.807, 2.05) is 34.4 Å². The molecule has 2 rings (SSSR count). The van der Waals surface area contributed by atoms with E-state index in [4.69, 9.17) is 5.73 Å². The van der Waals surface area contributed by atoms with E-state index in [0.717, 1.165) is 16.6 Å². The highest BCUT2D eigenvalue weighted by Gasteiger charge is 2.14. The zero-order chi connectivity index (χ0) is 11.7. The fraction of sp³-hybridized carbons (Fsp3) is 0.0909. The molecule has 0 saturated carbocycles. The van der Waals surface area contributed by atoms with Crippen LogP contribution in [0.1, 0.15) is 0 Å². The van der Waals surface area contributed by atoms with Gasteiger partial charge in [-0.3, -0.25) is 4.99 Å². The Bertz CT molecular complexity index is 551. The van der Waals surface area contributed by atoms with Crippen LogP contribution in [0.2, 0.25) is 0 Å². The van der Waals surface area contributed by atoms with E-state index in [0.29, 0.717) is 11.5 Å². The summed E-state index contributed by atoms with van der Waals surface area (Å²) >= 11 is 2.18. The van der Waals surface area contributed by atoms with Crippen LogP contribution >= 0.6 is 22.9 Å². The number of nitrogens with two attached hydrogens (primary N) is 1. The maximum atomic E-state index is 5.86. The number of hydrogen-bond donors (Lipinski definition) is 1. The number of nitrogens with zero attached hydrogens (tertiary/aromatic N) is 3. The smallest absolute Gasteiger partial charge is 0.152 e. The molecule has 5 heteroatoms. The van der Waals surface area contributed by atoms with Gasteiger partial charge in [-0.25, -0.2) is 4.98 Å². The van der Waals surface area contributed by atoms with Crippen LogP contribution in [0.25, 0.3) is 10.9 Å². The summed E-state index contributed by atoms with van der Waals surface area (Å²) in [5.74, 6) is 0.409. The van der Waals surface area contributed by atoms with Gasteiger partial charge >= 0.3 is 0 Å². The second-order valence-electron chi connectivity index (χ2n) is 3.35. The average Bonchev–Trinajstić information content (AvgIpc) is 2.26. The predicted molar refractivity (Wildman–Crippen MR) is 77.8 cm³/mol. The number of halogens is 1. The van der Waals surface area contributed by atoms with Crippen molar-refractivity contribution in [3.63, 3.8) is 0 Å². The molecule has 0 aliphatic carbocycles. The van der Waals surface area contributed by atoms with Crippen LogP contribution in [0.5, 0.6) is 0 Å². The first-order valence-corrected chi connectivity index (χ1v) is 5.66. The molecule has 0 fully saturated rings. The number of benzene rings is 1. The molecule has 1 aromatic carbocycles. The van der Waals surface area contributed by atoms with Gasteiger partial charge in [0.15, 0.2) is 5.82 Å². The third kappa shape index (κ3) is 1.71. The third-order valence-electron chi connectivity index (χ3n) is 2.33. The van der Waals surface area contributed by atoms with Gasteiger partial charge in [-0.1, -0.05) is 18.2 Å². The van der Waals surface area contributed by atoms with E-state index >= 15 is 0 Å². The number of nitrogen functional groups attached to an aromatic ring is 1. The first-order chi connectivity index (χ1) is 7.65. The maximum absolute atomic E-state index is 5.86. The lowest BCUT2D eigenvalue weighted by Crippen LogP contribution is -2.04. The molecule has 2 N–H and O–H groups in total. The number of pyridine rings is 1. The molecule has 1 aromatic heterocycles. The van der Waals surface area contributed by atoms with E-state index in [2.05, 4.69) is 39.6 Å². The number of aliphatic imine (C=N–C) groups is 1. The van der Waals surface area contributed by atoms with Crippen molar-refractivity contribution in [2.75, 3.05) is 15.9 Å². The Morgan fingerprint density at radius 1 is 1.44 bits per heavy atom. The Morgan fingerprint density at radius 2 is 2.12 bits per heavy atom. The largest absolute Gasteiger partial charge is 0.382 e. The van der Waals surface area contributed by atoms with Crippen LogP contribution in [0, 0.1) is 0 Å². The molecule has 0 aliphatic rings. The first kappa shape index (κ1) is 11.1. The van der Waals surface area contributed by atoms with Crippen molar-refractivity contribution in [3.8, 4) is 0 Å². The van der Waals surface area contributed by atoms with Crippen LogP contribution in [-0.2, 0) is 0 Å². The second kappa shape index (κ2) is 4.25. The molecule has 0 bridgehead atoms. The Kier molecular flexibility index (Phi) is 2.95. The van der Waals surface area contributed by atoms with Crippen molar-refractivity contribution in [1.82, 2.24) is 4.98 Å². The summed E-state index contributed by atoms with van der Waals surface area (Å²) in [5.41, 5.74) is 8.31. The minimum absolute atomic E-state index is 0.409. The van der Waals surface area contributed by atoms with Gasteiger partial charge in [0.05, 0.1) is 34.1 Å². The van der Waals surface area contributed by atoms with E-state index in [1.54, 1.807) is 0 Å². The Hall–Kier alpha value is -1.37. The molecule has 16 heavy (non-hydrogen) atoms. The quantitative estimate of drug-likeness (QED) is 0.524. The molecule has 0 amide bonds. The minimum atomic E-state index is 0.409. The summed E-state index contributed by atoms with van der Waals surface area (Å²) < 4.78 is 1.95. The summed E-state index contributed by atoms with van der Waals surface area (Å²) in [4.78, 5) is 8.26. The normalized spacial score (nSPS) is 10.4.